The van der Waals surface area contributed by atoms with E-state index in [-0.39, 0.29) is 24.8 Å². The Morgan fingerprint density at radius 1 is 1.43 bits per heavy atom. The second-order valence-corrected chi connectivity index (χ2v) is 5.21. The Hall–Kier alpha value is -1.87. The number of primary amides is 1. The second-order valence-electron chi connectivity index (χ2n) is 5.21. The lowest BCUT2D eigenvalue weighted by atomic mass is 10.1. The molecule has 2 N–H and O–H groups in total. The predicted molar refractivity (Wildman–Crippen MR) is 71.9 cm³/mol. The highest BCUT2D eigenvalue weighted by atomic mass is 19.4. The minimum absolute atomic E-state index is 0.244. The molecule has 23 heavy (non-hydrogen) atoms. The molecule has 0 aliphatic carbocycles. The Bertz CT molecular complexity index is 580. The van der Waals surface area contributed by atoms with Gasteiger partial charge in [0, 0.05) is 25.8 Å². The molecule has 0 spiro atoms. The first-order valence-electron chi connectivity index (χ1n) is 6.80. The second kappa shape index (κ2) is 6.71. The Morgan fingerprint density at radius 3 is 2.70 bits per heavy atom. The van der Waals surface area contributed by atoms with Crippen molar-refractivity contribution in [2.75, 3.05) is 13.7 Å². The third-order valence-corrected chi connectivity index (χ3v) is 3.69. The Balaban J connectivity index is 2.26. The average molecular weight is 336 g/mol. The van der Waals surface area contributed by atoms with E-state index in [4.69, 9.17) is 10.5 Å². The molecular formula is C14H16F4N2O3. The number of rotatable bonds is 5. The van der Waals surface area contributed by atoms with E-state index < -0.39 is 29.9 Å². The molecule has 2 rings (SSSR count). The number of amides is 1. The van der Waals surface area contributed by atoms with E-state index in [0.29, 0.717) is 6.42 Å². The number of nitrogens with zero attached hydrogens (tertiary/aromatic N) is 1. The molecule has 0 bridgehead atoms. The molecule has 0 unspecified atom stereocenters. The zero-order chi connectivity index (χ0) is 17.2. The molecule has 5 nitrogen and oxygen atoms in total. The van der Waals surface area contributed by atoms with E-state index in [2.05, 4.69) is 4.74 Å². The lowest BCUT2D eigenvalue weighted by Crippen LogP contribution is -2.40. The van der Waals surface area contributed by atoms with Crippen molar-refractivity contribution in [3.63, 3.8) is 0 Å². The maximum atomic E-state index is 14.0. The Kier molecular flexibility index (Phi) is 5.10. The summed E-state index contributed by atoms with van der Waals surface area (Å²) in [6.07, 6.45) is -4.94. The van der Waals surface area contributed by atoms with Crippen molar-refractivity contribution in [3.05, 3.63) is 29.6 Å². The van der Waals surface area contributed by atoms with Crippen LogP contribution in [0.1, 0.15) is 12.0 Å². The van der Waals surface area contributed by atoms with Crippen molar-refractivity contribution in [2.24, 2.45) is 5.73 Å². The summed E-state index contributed by atoms with van der Waals surface area (Å²) >= 11 is 0. The predicted octanol–water partition coefficient (Wildman–Crippen LogP) is 1.80. The molecule has 1 aromatic rings. The van der Waals surface area contributed by atoms with Crippen LogP contribution in [0, 0.1) is 5.82 Å². The third-order valence-electron chi connectivity index (χ3n) is 3.69. The van der Waals surface area contributed by atoms with Crippen molar-refractivity contribution in [3.8, 4) is 5.75 Å². The van der Waals surface area contributed by atoms with E-state index in [0.717, 1.165) is 18.2 Å². The van der Waals surface area contributed by atoms with E-state index >= 15 is 0 Å². The topological polar surface area (TPSA) is 64.8 Å². The number of ether oxygens (including phenoxy) is 2. The van der Waals surface area contributed by atoms with Gasteiger partial charge in [-0.15, -0.1) is 13.2 Å². The van der Waals surface area contributed by atoms with Crippen molar-refractivity contribution in [1.29, 1.82) is 0 Å². The van der Waals surface area contributed by atoms with Gasteiger partial charge in [0.15, 0.2) is 0 Å². The van der Waals surface area contributed by atoms with Gasteiger partial charge in [0.1, 0.15) is 11.6 Å². The fourth-order valence-electron chi connectivity index (χ4n) is 2.62. The summed E-state index contributed by atoms with van der Waals surface area (Å²) in [7, 11) is 1.45. The summed E-state index contributed by atoms with van der Waals surface area (Å²) in [6.45, 7) is 0.00938. The van der Waals surface area contributed by atoms with Crippen LogP contribution in [0.2, 0.25) is 0 Å². The number of nitrogens with two attached hydrogens (primary N) is 1. The van der Waals surface area contributed by atoms with Crippen LogP contribution in [-0.4, -0.2) is 43.0 Å². The minimum Gasteiger partial charge on any atom is -0.405 e. The largest absolute Gasteiger partial charge is 0.573 e. The zero-order valence-corrected chi connectivity index (χ0v) is 12.3. The van der Waals surface area contributed by atoms with Crippen molar-refractivity contribution in [1.82, 2.24) is 4.90 Å². The number of hydrogen-bond donors (Lipinski definition) is 1. The zero-order valence-electron chi connectivity index (χ0n) is 12.3. The van der Waals surface area contributed by atoms with E-state index in [9.17, 15) is 22.4 Å². The van der Waals surface area contributed by atoms with Crippen LogP contribution in [0.15, 0.2) is 18.2 Å². The molecule has 1 aliphatic heterocycles. The molecule has 1 heterocycles. The summed E-state index contributed by atoms with van der Waals surface area (Å²) in [5.41, 5.74) is 5.01. The molecule has 0 radical (unpaired) electrons. The first-order valence-corrected chi connectivity index (χ1v) is 6.80. The van der Waals surface area contributed by atoms with Gasteiger partial charge in [0.05, 0.1) is 12.1 Å². The van der Waals surface area contributed by atoms with Gasteiger partial charge in [0.2, 0.25) is 5.91 Å². The van der Waals surface area contributed by atoms with Gasteiger partial charge < -0.3 is 15.2 Å². The molecule has 1 aromatic carbocycles. The SMILES string of the molecule is CO[C@H]1C[C@@H](C(N)=O)N(Cc2c(F)cccc2OC(F)(F)F)C1. The maximum Gasteiger partial charge on any atom is 0.573 e. The lowest BCUT2D eigenvalue weighted by Gasteiger charge is -2.23. The maximum absolute atomic E-state index is 14.0. The molecule has 1 amide bonds. The fraction of sp³-hybridized carbons (Fsp3) is 0.500. The molecule has 128 valence electrons. The normalized spacial score (nSPS) is 22.3. The summed E-state index contributed by atoms with van der Waals surface area (Å²) in [4.78, 5) is 13.0. The monoisotopic (exact) mass is 336 g/mol. The van der Waals surface area contributed by atoms with Crippen molar-refractivity contribution in [2.45, 2.75) is 31.5 Å². The minimum atomic E-state index is -4.94. The van der Waals surface area contributed by atoms with Gasteiger partial charge in [-0.3, -0.25) is 9.69 Å². The highest BCUT2D eigenvalue weighted by molar-refractivity contribution is 5.80. The highest BCUT2D eigenvalue weighted by Gasteiger charge is 2.38. The lowest BCUT2D eigenvalue weighted by molar-refractivity contribution is -0.275. The smallest absolute Gasteiger partial charge is 0.405 e. The third kappa shape index (κ3) is 4.32. The summed E-state index contributed by atoms with van der Waals surface area (Å²) < 4.78 is 60.3. The number of hydrogen-bond acceptors (Lipinski definition) is 4. The number of methoxy groups -OCH3 is 1. The highest BCUT2D eigenvalue weighted by Crippen LogP contribution is 2.31. The standard InChI is InChI=1S/C14H16F4N2O3/c1-22-8-5-11(13(19)21)20(6-8)7-9-10(15)3-2-4-12(9)23-14(16,17)18/h2-4,8,11H,5-7H2,1H3,(H2,19,21)/t8-,11-/m0/s1. The van der Waals surface area contributed by atoms with Crippen LogP contribution in [0.5, 0.6) is 5.75 Å². The fourth-order valence-corrected chi connectivity index (χ4v) is 2.62. The van der Waals surface area contributed by atoms with Crippen molar-refractivity contribution >= 4 is 5.91 Å². The van der Waals surface area contributed by atoms with Crippen LogP contribution < -0.4 is 10.5 Å². The van der Waals surface area contributed by atoms with Gasteiger partial charge in [-0.25, -0.2) is 4.39 Å². The van der Waals surface area contributed by atoms with E-state index in [1.165, 1.54) is 12.0 Å². The molecule has 0 saturated carbocycles. The number of halogens is 4. The van der Waals surface area contributed by atoms with Gasteiger partial charge >= 0.3 is 6.36 Å². The Morgan fingerprint density at radius 2 is 2.13 bits per heavy atom. The molecule has 2 atom stereocenters. The molecule has 9 heteroatoms. The van der Waals surface area contributed by atoms with Crippen molar-refractivity contribution < 1.29 is 31.8 Å². The average Bonchev–Trinajstić information content (AvgIpc) is 2.84. The number of carbonyl (C=O) groups is 1. The van der Waals surface area contributed by atoms with Crippen LogP contribution in [0.25, 0.3) is 0 Å². The van der Waals surface area contributed by atoms with Crippen LogP contribution in [0.4, 0.5) is 17.6 Å². The summed E-state index contributed by atoms with van der Waals surface area (Å²) in [5.74, 6) is -2.13. The van der Waals surface area contributed by atoms with Gasteiger partial charge in [-0.2, -0.15) is 0 Å². The van der Waals surface area contributed by atoms with Crippen LogP contribution in [-0.2, 0) is 16.1 Å². The molecule has 1 aliphatic rings. The molecular weight excluding hydrogens is 320 g/mol. The molecule has 0 aromatic heterocycles. The van der Waals surface area contributed by atoms with Crippen LogP contribution >= 0.6 is 0 Å². The van der Waals surface area contributed by atoms with Crippen LogP contribution in [0.3, 0.4) is 0 Å². The number of benzene rings is 1. The molecule has 1 saturated heterocycles. The van der Waals surface area contributed by atoms with E-state index in [1.54, 1.807) is 0 Å². The quantitative estimate of drug-likeness (QED) is 0.833. The van der Waals surface area contributed by atoms with Gasteiger partial charge in [-0.1, -0.05) is 6.07 Å². The van der Waals surface area contributed by atoms with Gasteiger partial charge in [0.25, 0.3) is 0 Å². The Labute approximate surface area is 129 Å². The van der Waals surface area contributed by atoms with Gasteiger partial charge in [-0.05, 0) is 18.6 Å². The first-order chi connectivity index (χ1) is 10.7. The number of likely N-dealkylation sites (tertiary alicyclic amines) is 1. The molecule has 1 fully saturated rings. The number of alkyl halides is 3. The summed E-state index contributed by atoms with van der Waals surface area (Å²) in [5, 5.41) is 0. The first kappa shape index (κ1) is 17.5. The summed E-state index contributed by atoms with van der Waals surface area (Å²) in [6, 6.07) is 2.43. The van der Waals surface area contributed by atoms with E-state index in [1.807, 2.05) is 0 Å². The number of carbonyl (C=O) groups excluding carboxylic acids is 1.